The first-order chi connectivity index (χ1) is 8.69. The first-order valence-electron chi connectivity index (χ1n) is 7.00. The number of hydrogen-bond donors (Lipinski definition) is 1. The van der Waals surface area contributed by atoms with Crippen LogP contribution in [0.3, 0.4) is 0 Å². The van der Waals surface area contributed by atoms with E-state index in [-0.39, 0.29) is 6.10 Å². The molecule has 0 saturated carbocycles. The lowest BCUT2D eigenvalue weighted by molar-refractivity contribution is 0.131. The van der Waals surface area contributed by atoms with Gasteiger partial charge in [-0.1, -0.05) is 38.8 Å². The molecule has 102 valence electrons. The number of ether oxygens (including phenoxy) is 1. The van der Waals surface area contributed by atoms with Crippen LogP contribution in [0.1, 0.15) is 45.1 Å². The highest BCUT2D eigenvalue weighted by Crippen LogP contribution is 2.18. The van der Waals surface area contributed by atoms with Gasteiger partial charge in [-0.05, 0) is 42.9 Å². The third-order valence-corrected chi connectivity index (χ3v) is 3.69. The maximum absolute atomic E-state index is 10.0. The average molecular weight is 250 g/mol. The van der Waals surface area contributed by atoms with Gasteiger partial charge in [0.25, 0.3) is 0 Å². The Morgan fingerprint density at radius 1 is 1.11 bits per heavy atom. The third kappa shape index (κ3) is 5.09. The van der Waals surface area contributed by atoms with Crippen molar-refractivity contribution in [3.05, 3.63) is 29.8 Å². The smallest absolute Gasteiger partial charge is 0.118 e. The molecule has 0 fully saturated rings. The fourth-order valence-corrected chi connectivity index (χ4v) is 2.25. The number of aryl methyl sites for hydroxylation is 1. The summed E-state index contributed by atoms with van der Waals surface area (Å²) in [6, 6.07) is 8.09. The van der Waals surface area contributed by atoms with Crippen LogP contribution in [0, 0.1) is 5.92 Å². The third-order valence-electron chi connectivity index (χ3n) is 3.69. The predicted molar refractivity (Wildman–Crippen MR) is 76.0 cm³/mol. The van der Waals surface area contributed by atoms with Crippen LogP contribution in [0.5, 0.6) is 5.75 Å². The summed E-state index contributed by atoms with van der Waals surface area (Å²) in [5.41, 5.74) is 1.26. The molecule has 1 aromatic rings. The zero-order valence-electron chi connectivity index (χ0n) is 11.9. The van der Waals surface area contributed by atoms with E-state index >= 15 is 0 Å². The summed E-state index contributed by atoms with van der Waals surface area (Å²) in [5.74, 6) is 1.55. The first kappa shape index (κ1) is 15.0. The molecule has 1 aromatic carbocycles. The summed E-state index contributed by atoms with van der Waals surface area (Å²) in [4.78, 5) is 0. The molecule has 1 rings (SSSR count). The Labute approximate surface area is 111 Å². The molecule has 18 heavy (non-hydrogen) atoms. The fourth-order valence-electron chi connectivity index (χ4n) is 2.25. The van der Waals surface area contributed by atoms with E-state index in [0.717, 1.165) is 37.9 Å². The van der Waals surface area contributed by atoms with E-state index in [4.69, 9.17) is 4.74 Å². The Morgan fingerprint density at radius 3 is 2.22 bits per heavy atom. The van der Waals surface area contributed by atoms with Gasteiger partial charge in [0.1, 0.15) is 5.75 Å². The van der Waals surface area contributed by atoms with Crippen molar-refractivity contribution in [3.63, 3.8) is 0 Å². The predicted octanol–water partition coefficient (Wildman–Crippen LogP) is 3.82. The number of rotatable bonds is 8. The Bertz CT molecular complexity index is 314. The van der Waals surface area contributed by atoms with Gasteiger partial charge in [-0.2, -0.15) is 0 Å². The van der Waals surface area contributed by atoms with Crippen LogP contribution in [0.15, 0.2) is 24.3 Å². The quantitative estimate of drug-likeness (QED) is 0.760. The summed E-state index contributed by atoms with van der Waals surface area (Å²) in [6.07, 6.45) is 4.88. The minimum atomic E-state index is -0.169. The van der Waals surface area contributed by atoms with Crippen LogP contribution < -0.4 is 4.74 Å². The summed E-state index contributed by atoms with van der Waals surface area (Å²) in [5, 5.41) is 10.0. The highest BCUT2D eigenvalue weighted by Gasteiger charge is 2.11. The SMILES string of the molecule is CCC(CC)CC(O)CCc1ccc(OC)cc1. The maximum Gasteiger partial charge on any atom is 0.118 e. The van der Waals surface area contributed by atoms with Crippen LogP contribution >= 0.6 is 0 Å². The molecule has 0 aliphatic carbocycles. The molecule has 2 heteroatoms. The molecule has 1 atom stereocenters. The Hall–Kier alpha value is -1.02. The molecule has 0 spiro atoms. The van der Waals surface area contributed by atoms with Crippen molar-refractivity contribution in [2.45, 2.75) is 52.1 Å². The van der Waals surface area contributed by atoms with Crippen molar-refractivity contribution >= 4 is 0 Å². The molecule has 0 aromatic heterocycles. The highest BCUT2D eigenvalue weighted by molar-refractivity contribution is 5.27. The Kier molecular flexibility index (Phi) is 6.81. The second-order valence-electron chi connectivity index (χ2n) is 4.96. The monoisotopic (exact) mass is 250 g/mol. The van der Waals surface area contributed by atoms with Crippen molar-refractivity contribution in [3.8, 4) is 5.75 Å². The van der Waals surface area contributed by atoms with Crippen LogP contribution in [0.2, 0.25) is 0 Å². The van der Waals surface area contributed by atoms with Gasteiger partial charge in [0, 0.05) is 0 Å². The van der Waals surface area contributed by atoms with E-state index in [1.165, 1.54) is 5.56 Å². The lowest BCUT2D eigenvalue weighted by Gasteiger charge is -2.17. The molecule has 0 amide bonds. The normalized spacial score (nSPS) is 12.7. The molecular formula is C16H26O2. The van der Waals surface area contributed by atoms with Crippen LogP contribution in [-0.2, 0) is 6.42 Å². The largest absolute Gasteiger partial charge is 0.497 e. The molecule has 0 aliphatic heterocycles. The van der Waals surface area contributed by atoms with Crippen molar-refractivity contribution in [2.75, 3.05) is 7.11 Å². The van der Waals surface area contributed by atoms with E-state index in [9.17, 15) is 5.11 Å². The molecule has 0 bridgehead atoms. The van der Waals surface area contributed by atoms with E-state index in [1.807, 2.05) is 12.1 Å². The van der Waals surface area contributed by atoms with Gasteiger partial charge in [0.2, 0.25) is 0 Å². The van der Waals surface area contributed by atoms with Gasteiger partial charge >= 0.3 is 0 Å². The minimum Gasteiger partial charge on any atom is -0.497 e. The summed E-state index contributed by atoms with van der Waals surface area (Å²) < 4.78 is 5.13. The zero-order chi connectivity index (χ0) is 13.4. The van der Waals surface area contributed by atoms with E-state index in [2.05, 4.69) is 26.0 Å². The van der Waals surface area contributed by atoms with E-state index in [1.54, 1.807) is 7.11 Å². The van der Waals surface area contributed by atoms with E-state index < -0.39 is 0 Å². The molecule has 0 saturated heterocycles. The molecule has 2 nitrogen and oxygen atoms in total. The average Bonchev–Trinajstić information content (AvgIpc) is 2.43. The van der Waals surface area contributed by atoms with Crippen LogP contribution in [0.4, 0.5) is 0 Å². The van der Waals surface area contributed by atoms with Crippen molar-refractivity contribution in [2.24, 2.45) is 5.92 Å². The van der Waals surface area contributed by atoms with Crippen LogP contribution in [0.25, 0.3) is 0 Å². The maximum atomic E-state index is 10.0. The van der Waals surface area contributed by atoms with Gasteiger partial charge in [-0.25, -0.2) is 0 Å². The second-order valence-corrected chi connectivity index (χ2v) is 4.96. The molecule has 1 N–H and O–H groups in total. The Morgan fingerprint density at radius 2 is 1.72 bits per heavy atom. The standard InChI is InChI=1S/C16H26O2/c1-4-13(5-2)12-15(17)9-6-14-7-10-16(18-3)11-8-14/h7-8,10-11,13,15,17H,4-6,9,12H2,1-3H3. The summed E-state index contributed by atoms with van der Waals surface area (Å²) >= 11 is 0. The van der Waals surface area contributed by atoms with Gasteiger partial charge in [0.05, 0.1) is 13.2 Å². The molecule has 0 aliphatic rings. The van der Waals surface area contributed by atoms with Gasteiger partial charge in [-0.15, -0.1) is 0 Å². The topological polar surface area (TPSA) is 29.5 Å². The van der Waals surface area contributed by atoms with Crippen LogP contribution in [-0.4, -0.2) is 18.3 Å². The fraction of sp³-hybridized carbons (Fsp3) is 0.625. The number of methoxy groups -OCH3 is 1. The van der Waals surface area contributed by atoms with Gasteiger partial charge in [0.15, 0.2) is 0 Å². The lowest BCUT2D eigenvalue weighted by Crippen LogP contribution is -2.13. The highest BCUT2D eigenvalue weighted by atomic mass is 16.5. The number of aliphatic hydroxyl groups excluding tert-OH is 1. The van der Waals surface area contributed by atoms with Crippen molar-refractivity contribution in [1.29, 1.82) is 0 Å². The van der Waals surface area contributed by atoms with Gasteiger partial charge < -0.3 is 9.84 Å². The van der Waals surface area contributed by atoms with Crippen molar-refractivity contribution in [1.82, 2.24) is 0 Å². The number of hydrogen-bond acceptors (Lipinski definition) is 2. The van der Waals surface area contributed by atoms with Gasteiger partial charge in [-0.3, -0.25) is 0 Å². The zero-order valence-corrected chi connectivity index (χ0v) is 11.9. The minimum absolute atomic E-state index is 0.169. The number of benzene rings is 1. The van der Waals surface area contributed by atoms with Crippen molar-refractivity contribution < 1.29 is 9.84 Å². The summed E-state index contributed by atoms with van der Waals surface area (Å²) in [7, 11) is 1.67. The number of aliphatic hydroxyl groups is 1. The molecule has 0 radical (unpaired) electrons. The summed E-state index contributed by atoms with van der Waals surface area (Å²) in [6.45, 7) is 4.40. The van der Waals surface area contributed by atoms with E-state index in [0.29, 0.717) is 5.92 Å². The first-order valence-corrected chi connectivity index (χ1v) is 7.00. The molecule has 0 heterocycles. The molecule has 1 unspecified atom stereocenters. The molecular weight excluding hydrogens is 224 g/mol. The lowest BCUT2D eigenvalue weighted by atomic mass is 9.93. The second kappa shape index (κ2) is 8.15. The Balaban J connectivity index is 2.34.